The maximum atomic E-state index is 14.9. The van der Waals surface area contributed by atoms with Crippen molar-refractivity contribution in [3.05, 3.63) is 0 Å². The molecular weight excluding hydrogens is 699 g/mol. The molecule has 0 spiro atoms. The van der Waals surface area contributed by atoms with E-state index in [1.54, 1.807) is 25.7 Å². The molecule has 1 saturated heterocycles. The summed E-state index contributed by atoms with van der Waals surface area (Å²) in [7, 11) is -3.58. The molecule has 0 aromatic heterocycles. The summed E-state index contributed by atoms with van der Waals surface area (Å²) in [6.45, 7) is 12.5. The summed E-state index contributed by atoms with van der Waals surface area (Å²) in [5.74, 6) is -3.03. The second-order valence-corrected chi connectivity index (χ2v) is 21.6. The van der Waals surface area contributed by atoms with Crippen molar-refractivity contribution in [2.45, 2.75) is 160 Å². The van der Waals surface area contributed by atoms with E-state index >= 15 is 0 Å². The molecule has 1 heterocycles. The number of carbonyl (C=O) groups is 6. The van der Waals surface area contributed by atoms with Crippen molar-refractivity contribution in [3.63, 3.8) is 0 Å². The monoisotopic (exact) mass is 761 g/mol. The fourth-order valence-corrected chi connectivity index (χ4v) is 10.8. The Balaban J connectivity index is 1.39. The molecule has 5 fully saturated rings. The van der Waals surface area contributed by atoms with E-state index in [1.807, 2.05) is 6.92 Å². The second-order valence-electron chi connectivity index (χ2n) is 18.8. The van der Waals surface area contributed by atoms with E-state index < -0.39 is 67.3 Å². The normalized spacial score (nSPS) is 27.0. The number of sulfone groups is 1. The molecule has 1 aliphatic heterocycles. The largest absolute Gasteiger partial charge is 0.344 e. The number of hydrogen-bond donors (Lipinski definition) is 4. The van der Waals surface area contributed by atoms with Gasteiger partial charge in [-0.25, -0.2) is 13.2 Å². The van der Waals surface area contributed by atoms with Crippen LogP contribution in [-0.2, 0) is 33.8 Å². The number of hydrogen-bond acceptors (Lipinski definition) is 8. The van der Waals surface area contributed by atoms with E-state index in [0.29, 0.717) is 38.6 Å². The molecule has 5 rings (SSSR count). The number of carbonyl (C=O) groups excluding carboxylic acids is 6. The number of amides is 5. The van der Waals surface area contributed by atoms with Gasteiger partial charge in [-0.1, -0.05) is 72.1 Å². The molecule has 0 aromatic carbocycles. The number of piperidine rings is 1. The fraction of sp³-hybridized carbons (Fsp3) is 0.846. The van der Waals surface area contributed by atoms with Crippen LogP contribution >= 0.6 is 0 Å². The SMILES string of the molecule is CC(=O)CNC(=O)C(=O)C(CC1CC1)NC(=O)[C@@H]1[C@@H]2[C@H](CN1C(=O)[C@@H](NC(=O)NC1(CS(=O)(=O)C(C)(C)C)CCCCC1)C1(C)CCCCC1)C2(C)C. The Kier molecular flexibility index (Phi) is 11.8. The maximum absolute atomic E-state index is 14.9. The van der Waals surface area contributed by atoms with Gasteiger partial charge < -0.3 is 26.2 Å². The van der Waals surface area contributed by atoms with Gasteiger partial charge in [0.1, 0.15) is 17.9 Å². The van der Waals surface area contributed by atoms with Gasteiger partial charge in [-0.15, -0.1) is 0 Å². The number of Topliss-reactive ketones (excluding diaryl/α,β-unsaturated/α-hetero) is 2. The summed E-state index contributed by atoms with van der Waals surface area (Å²) < 4.78 is 25.9. The average molecular weight is 762 g/mol. The van der Waals surface area contributed by atoms with Gasteiger partial charge >= 0.3 is 6.03 Å². The van der Waals surface area contributed by atoms with Crippen LogP contribution in [0.2, 0.25) is 0 Å². The Morgan fingerprint density at radius 1 is 0.849 bits per heavy atom. The van der Waals surface area contributed by atoms with Gasteiger partial charge in [0, 0.05) is 6.54 Å². The fourth-order valence-electron chi connectivity index (χ4n) is 9.31. The Hall–Kier alpha value is -3.03. The van der Waals surface area contributed by atoms with Crippen LogP contribution in [-0.4, -0.2) is 95.9 Å². The highest BCUT2D eigenvalue weighted by molar-refractivity contribution is 7.92. The van der Waals surface area contributed by atoms with Gasteiger partial charge in [0.2, 0.25) is 17.6 Å². The van der Waals surface area contributed by atoms with Crippen LogP contribution in [0.1, 0.15) is 132 Å². The number of nitrogens with zero attached hydrogens (tertiary/aromatic N) is 1. The summed E-state index contributed by atoms with van der Waals surface area (Å²) in [5.41, 5.74) is -1.79. The smallest absolute Gasteiger partial charge is 0.315 e. The lowest BCUT2D eigenvalue weighted by Gasteiger charge is -2.44. The van der Waals surface area contributed by atoms with Crippen molar-refractivity contribution in [2.24, 2.45) is 28.6 Å². The quantitative estimate of drug-likeness (QED) is 0.193. The van der Waals surface area contributed by atoms with E-state index in [9.17, 15) is 37.2 Å². The summed E-state index contributed by atoms with van der Waals surface area (Å²) in [6.07, 6.45) is 9.81. The molecule has 5 aliphatic rings. The van der Waals surface area contributed by atoms with Gasteiger partial charge in [0.05, 0.1) is 28.6 Å². The van der Waals surface area contributed by atoms with Gasteiger partial charge in [-0.05, 0) is 88.4 Å². The zero-order valence-electron chi connectivity index (χ0n) is 32.9. The lowest BCUT2D eigenvalue weighted by Crippen LogP contribution is -2.65. The van der Waals surface area contributed by atoms with Crippen LogP contribution in [0.15, 0.2) is 0 Å². The first-order valence-electron chi connectivity index (χ1n) is 19.8. The number of fused-ring (bicyclic) bond motifs is 1. The van der Waals surface area contributed by atoms with Crippen LogP contribution < -0.4 is 21.3 Å². The first-order chi connectivity index (χ1) is 24.6. The van der Waals surface area contributed by atoms with E-state index in [0.717, 1.165) is 51.4 Å². The zero-order valence-corrected chi connectivity index (χ0v) is 33.7. The van der Waals surface area contributed by atoms with E-state index in [2.05, 4.69) is 35.1 Å². The van der Waals surface area contributed by atoms with Crippen molar-refractivity contribution in [3.8, 4) is 0 Å². The summed E-state index contributed by atoms with van der Waals surface area (Å²) >= 11 is 0. The maximum Gasteiger partial charge on any atom is 0.315 e. The topological polar surface area (TPSA) is 188 Å². The Bertz CT molecular complexity index is 1570. The minimum atomic E-state index is -3.58. The van der Waals surface area contributed by atoms with Gasteiger partial charge in [0.15, 0.2) is 9.84 Å². The summed E-state index contributed by atoms with van der Waals surface area (Å²) in [6, 6.07) is -3.55. The second kappa shape index (κ2) is 15.2. The summed E-state index contributed by atoms with van der Waals surface area (Å²) in [4.78, 5) is 82.4. The Labute approximate surface area is 315 Å². The predicted octanol–water partition coefficient (Wildman–Crippen LogP) is 3.58. The average Bonchev–Trinajstić information content (AvgIpc) is 3.92. The van der Waals surface area contributed by atoms with Gasteiger partial charge in [-0.2, -0.15) is 0 Å². The van der Waals surface area contributed by atoms with Crippen molar-refractivity contribution in [2.75, 3.05) is 18.8 Å². The molecule has 4 saturated carbocycles. The minimum Gasteiger partial charge on any atom is -0.344 e. The molecule has 0 bridgehead atoms. The third kappa shape index (κ3) is 9.10. The zero-order chi connectivity index (χ0) is 39.1. The van der Waals surface area contributed by atoms with Crippen molar-refractivity contribution in [1.29, 1.82) is 0 Å². The highest BCUT2D eigenvalue weighted by atomic mass is 32.2. The third-order valence-corrected chi connectivity index (χ3v) is 16.0. The van der Waals surface area contributed by atoms with Crippen LogP contribution in [0.3, 0.4) is 0 Å². The molecule has 5 atom stereocenters. The lowest BCUT2D eigenvalue weighted by atomic mass is 9.70. The number of urea groups is 1. The van der Waals surface area contributed by atoms with Gasteiger partial charge in [0.25, 0.3) is 5.91 Å². The molecule has 4 aliphatic carbocycles. The van der Waals surface area contributed by atoms with Crippen molar-refractivity contribution < 1.29 is 37.2 Å². The number of ketones is 2. The molecule has 0 aromatic rings. The van der Waals surface area contributed by atoms with E-state index in [4.69, 9.17) is 0 Å². The molecule has 0 radical (unpaired) electrons. The standard InChI is InChI=1S/C39H63N5O8S/c1-24(45)21-40-33(48)30(46)27(20-25-14-15-25)41-32(47)29-28-26(37(28,5)6)22-44(29)34(49)31(38(7)16-10-8-11-17-38)42-35(50)43-39(18-12-9-13-19-39)23-53(51,52)36(2,3)4/h25-29,31H,8-23H2,1-7H3,(H,40,48)(H,41,47)(H2,42,43,50)/t26-,27?,28-,29-,31+/m0/s1. The van der Waals surface area contributed by atoms with Crippen LogP contribution in [0, 0.1) is 28.6 Å². The molecule has 1 unspecified atom stereocenters. The van der Waals surface area contributed by atoms with Crippen molar-refractivity contribution >= 4 is 45.2 Å². The molecule has 53 heavy (non-hydrogen) atoms. The molecular formula is C39H63N5O8S. The van der Waals surface area contributed by atoms with Crippen LogP contribution in [0.5, 0.6) is 0 Å². The summed E-state index contributed by atoms with van der Waals surface area (Å²) in [5, 5.41) is 11.3. The number of rotatable bonds is 14. The Morgan fingerprint density at radius 2 is 1.43 bits per heavy atom. The van der Waals surface area contributed by atoms with Crippen LogP contribution in [0.4, 0.5) is 4.79 Å². The number of likely N-dealkylation sites (tertiary alicyclic amines) is 1. The molecule has 14 heteroatoms. The van der Waals surface area contributed by atoms with Crippen LogP contribution in [0.25, 0.3) is 0 Å². The molecule has 4 N–H and O–H groups in total. The predicted molar refractivity (Wildman–Crippen MR) is 200 cm³/mol. The number of nitrogens with one attached hydrogen (secondary N) is 4. The molecule has 5 amide bonds. The van der Waals surface area contributed by atoms with Gasteiger partial charge in [-0.3, -0.25) is 24.0 Å². The van der Waals surface area contributed by atoms with E-state index in [-0.39, 0.29) is 47.2 Å². The minimum absolute atomic E-state index is 0.0420. The Morgan fingerprint density at radius 3 is 1.98 bits per heavy atom. The first kappa shape index (κ1) is 41.1. The first-order valence-corrected chi connectivity index (χ1v) is 21.5. The van der Waals surface area contributed by atoms with E-state index in [1.165, 1.54) is 6.92 Å². The highest BCUT2D eigenvalue weighted by Crippen LogP contribution is 2.65. The lowest BCUT2D eigenvalue weighted by molar-refractivity contribution is -0.146. The van der Waals surface area contributed by atoms with Crippen molar-refractivity contribution in [1.82, 2.24) is 26.2 Å². The molecule has 298 valence electrons. The third-order valence-electron chi connectivity index (χ3n) is 13.2. The highest BCUT2D eigenvalue weighted by Gasteiger charge is 2.70. The molecule has 13 nitrogen and oxygen atoms in total.